The van der Waals surface area contributed by atoms with Gasteiger partial charge in [-0.3, -0.25) is 4.98 Å². The molecule has 0 fully saturated rings. The zero-order valence-corrected chi connectivity index (χ0v) is 11.4. The van der Waals surface area contributed by atoms with Gasteiger partial charge in [-0.1, -0.05) is 42.5 Å². The topological polar surface area (TPSA) is 54.0 Å². The Morgan fingerprint density at radius 1 is 0.952 bits per heavy atom. The third-order valence-electron chi connectivity index (χ3n) is 3.19. The standard InChI is InChI=1S/C17H15N3O/c21-17(20-15-9-2-1-3-10-15)19-12-14-7-4-6-13-8-5-11-18-16(13)14/h1-11H,12H2,(H2,19,20,21). The summed E-state index contributed by atoms with van der Waals surface area (Å²) in [6.45, 7) is 0.438. The highest BCUT2D eigenvalue weighted by atomic mass is 16.2. The van der Waals surface area contributed by atoms with Crippen molar-refractivity contribution < 1.29 is 4.79 Å². The monoisotopic (exact) mass is 277 g/mol. The van der Waals surface area contributed by atoms with Crippen LogP contribution in [0.3, 0.4) is 0 Å². The Morgan fingerprint density at radius 2 is 1.76 bits per heavy atom. The first kappa shape index (κ1) is 13.1. The van der Waals surface area contributed by atoms with Gasteiger partial charge in [-0.25, -0.2) is 4.79 Å². The molecule has 4 nitrogen and oxygen atoms in total. The van der Waals surface area contributed by atoms with Crippen LogP contribution in [0.15, 0.2) is 66.9 Å². The first-order valence-corrected chi connectivity index (χ1v) is 6.75. The summed E-state index contributed by atoms with van der Waals surface area (Å²) in [5.74, 6) is 0. The molecule has 0 saturated heterocycles. The number of rotatable bonds is 3. The van der Waals surface area contributed by atoms with E-state index in [-0.39, 0.29) is 6.03 Å². The van der Waals surface area contributed by atoms with Crippen LogP contribution in [-0.2, 0) is 6.54 Å². The van der Waals surface area contributed by atoms with Crippen LogP contribution in [0.5, 0.6) is 0 Å². The van der Waals surface area contributed by atoms with Crippen molar-refractivity contribution in [2.45, 2.75) is 6.54 Å². The van der Waals surface area contributed by atoms with Gasteiger partial charge in [0.2, 0.25) is 0 Å². The molecule has 21 heavy (non-hydrogen) atoms. The Morgan fingerprint density at radius 3 is 2.62 bits per heavy atom. The highest BCUT2D eigenvalue weighted by Gasteiger charge is 2.04. The van der Waals surface area contributed by atoms with Gasteiger partial charge in [-0.2, -0.15) is 0 Å². The normalized spacial score (nSPS) is 10.3. The minimum atomic E-state index is -0.228. The van der Waals surface area contributed by atoms with E-state index in [9.17, 15) is 4.79 Å². The quantitative estimate of drug-likeness (QED) is 0.769. The molecule has 2 amide bonds. The number of para-hydroxylation sites is 2. The van der Waals surface area contributed by atoms with E-state index in [0.29, 0.717) is 6.54 Å². The van der Waals surface area contributed by atoms with E-state index in [2.05, 4.69) is 15.6 Å². The highest BCUT2D eigenvalue weighted by molar-refractivity contribution is 5.89. The van der Waals surface area contributed by atoms with Gasteiger partial charge < -0.3 is 10.6 Å². The van der Waals surface area contributed by atoms with Gasteiger partial charge in [-0.15, -0.1) is 0 Å². The second-order valence-corrected chi connectivity index (χ2v) is 4.67. The van der Waals surface area contributed by atoms with Crippen LogP contribution in [0.4, 0.5) is 10.5 Å². The molecule has 0 aliphatic rings. The van der Waals surface area contributed by atoms with Crippen molar-refractivity contribution in [2.24, 2.45) is 0 Å². The van der Waals surface area contributed by atoms with Gasteiger partial charge in [0.25, 0.3) is 0 Å². The number of urea groups is 1. The molecule has 0 unspecified atom stereocenters. The summed E-state index contributed by atoms with van der Waals surface area (Å²) in [5, 5.41) is 6.71. The number of nitrogens with zero attached hydrogens (tertiary/aromatic N) is 1. The number of fused-ring (bicyclic) bond motifs is 1. The molecular weight excluding hydrogens is 262 g/mol. The first-order chi connectivity index (χ1) is 10.3. The molecule has 0 aliphatic heterocycles. The van der Waals surface area contributed by atoms with Gasteiger partial charge in [0.15, 0.2) is 0 Å². The average molecular weight is 277 g/mol. The number of pyridine rings is 1. The van der Waals surface area contributed by atoms with Crippen molar-refractivity contribution in [3.05, 3.63) is 72.4 Å². The van der Waals surface area contributed by atoms with E-state index in [1.807, 2.05) is 60.7 Å². The summed E-state index contributed by atoms with van der Waals surface area (Å²) in [6, 6.07) is 19.0. The Balaban J connectivity index is 1.68. The second-order valence-electron chi connectivity index (χ2n) is 4.67. The Hall–Kier alpha value is -2.88. The average Bonchev–Trinajstić information content (AvgIpc) is 2.54. The van der Waals surface area contributed by atoms with Gasteiger partial charge in [-0.05, 0) is 23.8 Å². The lowest BCUT2D eigenvalue weighted by Crippen LogP contribution is -2.28. The smallest absolute Gasteiger partial charge is 0.319 e. The van der Waals surface area contributed by atoms with E-state index in [1.165, 1.54) is 0 Å². The third kappa shape index (κ3) is 3.17. The predicted molar refractivity (Wildman–Crippen MR) is 84.0 cm³/mol. The van der Waals surface area contributed by atoms with Crippen LogP contribution in [0.1, 0.15) is 5.56 Å². The maximum Gasteiger partial charge on any atom is 0.319 e. The fourth-order valence-corrected chi connectivity index (χ4v) is 2.18. The lowest BCUT2D eigenvalue weighted by molar-refractivity contribution is 0.252. The van der Waals surface area contributed by atoms with Crippen molar-refractivity contribution >= 4 is 22.6 Å². The van der Waals surface area contributed by atoms with Crippen LogP contribution < -0.4 is 10.6 Å². The van der Waals surface area contributed by atoms with Crippen LogP contribution >= 0.6 is 0 Å². The summed E-state index contributed by atoms with van der Waals surface area (Å²) < 4.78 is 0. The number of amides is 2. The second kappa shape index (κ2) is 6.05. The van der Waals surface area contributed by atoms with Gasteiger partial charge >= 0.3 is 6.03 Å². The minimum absolute atomic E-state index is 0.228. The fraction of sp³-hybridized carbons (Fsp3) is 0.0588. The molecule has 2 N–H and O–H groups in total. The molecule has 0 spiro atoms. The predicted octanol–water partition coefficient (Wildman–Crippen LogP) is 3.56. The Kier molecular flexibility index (Phi) is 3.78. The molecule has 3 rings (SSSR count). The molecule has 4 heteroatoms. The van der Waals surface area contributed by atoms with Gasteiger partial charge in [0, 0.05) is 23.8 Å². The fourth-order valence-electron chi connectivity index (χ4n) is 2.18. The molecule has 1 aromatic heterocycles. The molecule has 0 aliphatic carbocycles. The van der Waals surface area contributed by atoms with E-state index in [1.54, 1.807) is 6.20 Å². The van der Waals surface area contributed by atoms with Crippen molar-refractivity contribution in [1.82, 2.24) is 10.3 Å². The molecule has 0 bridgehead atoms. The molecule has 2 aromatic carbocycles. The van der Waals surface area contributed by atoms with E-state index >= 15 is 0 Å². The van der Waals surface area contributed by atoms with E-state index in [4.69, 9.17) is 0 Å². The highest BCUT2D eigenvalue weighted by Crippen LogP contribution is 2.15. The van der Waals surface area contributed by atoms with Gasteiger partial charge in [0.05, 0.1) is 5.52 Å². The van der Waals surface area contributed by atoms with Crippen molar-refractivity contribution in [3.8, 4) is 0 Å². The molecule has 0 atom stereocenters. The zero-order chi connectivity index (χ0) is 14.5. The summed E-state index contributed by atoms with van der Waals surface area (Å²) in [7, 11) is 0. The van der Waals surface area contributed by atoms with Crippen LogP contribution in [0.25, 0.3) is 10.9 Å². The SMILES string of the molecule is O=C(NCc1cccc2cccnc12)Nc1ccccc1. The van der Waals surface area contributed by atoms with Crippen molar-refractivity contribution in [1.29, 1.82) is 0 Å². The number of carbonyl (C=O) groups is 1. The molecule has 1 heterocycles. The summed E-state index contributed by atoms with van der Waals surface area (Å²) in [4.78, 5) is 16.3. The Labute approximate surface area is 122 Å². The summed E-state index contributed by atoms with van der Waals surface area (Å²) in [6.07, 6.45) is 1.76. The maximum absolute atomic E-state index is 11.9. The lowest BCUT2D eigenvalue weighted by Gasteiger charge is -2.09. The number of hydrogen-bond donors (Lipinski definition) is 2. The zero-order valence-electron chi connectivity index (χ0n) is 11.4. The van der Waals surface area contributed by atoms with Crippen molar-refractivity contribution in [2.75, 3.05) is 5.32 Å². The van der Waals surface area contributed by atoms with E-state index < -0.39 is 0 Å². The number of hydrogen-bond acceptors (Lipinski definition) is 2. The number of anilines is 1. The van der Waals surface area contributed by atoms with Crippen LogP contribution in [-0.4, -0.2) is 11.0 Å². The number of carbonyl (C=O) groups excluding carboxylic acids is 1. The number of nitrogens with one attached hydrogen (secondary N) is 2. The maximum atomic E-state index is 11.9. The largest absolute Gasteiger partial charge is 0.334 e. The molecular formula is C17H15N3O. The molecule has 0 saturated carbocycles. The summed E-state index contributed by atoms with van der Waals surface area (Å²) in [5.41, 5.74) is 2.68. The van der Waals surface area contributed by atoms with Crippen molar-refractivity contribution in [3.63, 3.8) is 0 Å². The summed E-state index contributed by atoms with van der Waals surface area (Å²) >= 11 is 0. The van der Waals surface area contributed by atoms with Crippen LogP contribution in [0, 0.1) is 0 Å². The lowest BCUT2D eigenvalue weighted by atomic mass is 10.1. The van der Waals surface area contributed by atoms with E-state index in [0.717, 1.165) is 22.2 Å². The third-order valence-corrected chi connectivity index (χ3v) is 3.19. The minimum Gasteiger partial charge on any atom is -0.334 e. The first-order valence-electron chi connectivity index (χ1n) is 6.75. The number of aromatic nitrogens is 1. The number of benzene rings is 2. The van der Waals surface area contributed by atoms with Gasteiger partial charge in [0.1, 0.15) is 0 Å². The molecule has 104 valence electrons. The Bertz CT molecular complexity index is 751. The van der Waals surface area contributed by atoms with Crippen LogP contribution in [0.2, 0.25) is 0 Å². The molecule has 0 radical (unpaired) electrons. The molecule has 3 aromatic rings.